The lowest BCUT2D eigenvalue weighted by molar-refractivity contribution is 0.0235. The van der Waals surface area contributed by atoms with E-state index in [2.05, 4.69) is 36.1 Å². The van der Waals surface area contributed by atoms with Gasteiger partial charge in [0.15, 0.2) is 0 Å². The molecular weight excluding hydrogens is 500 g/mol. The number of halogens is 1. The van der Waals surface area contributed by atoms with Crippen LogP contribution in [0.1, 0.15) is 53.5 Å². The summed E-state index contributed by atoms with van der Waals surface area (Å²) in [6.45, 7) is 2.48. The normalized spacial score (nSPS) is 19.2. The average molecular weight is 525 g/mol. The number of hydrogen-bond donors (Lipinski definition) is 1. The highest BCUT2D eigenvalue weighted by Crippen LogP contribution is 2.38. The van der Waals surface area contributed by atoms with Gasteiger partial charge in [0, 0.05) is 35.8 Å². The first-order chi connectivity index (χ1) is 15.9. The maximum Gasteiger partial charge on any atom is 0.294 e. The van der Waals surface area contributed by atoms with E-state index in [1.54, 1.807) is 24.3 Å². The van der Waals surface area contributed by atoms with Crippen LogP contribution in [0.4, 0.5) is 5.82 Å². The largest absolute Gasteiger partial charge is 0.381 e. The molecule has 0 bridgehead atoms. The highest BCUT2D eigenvalue weighted by Gasteiger charge is 2.35. The second-order valence-corrected chi connectivity index (χ2v) is 9.64. The Morgan fingerprint density at radius 1 is 1.24 bits per heavy atom. The van der Waals surface area contributed by atoms with Gasteiger partial charge < -0.3 is 9.72 Å². The minimum absolute atomic E-state index is 0. The Bertz CT molecular complexity index is 1500. The van der Waals surface area contributed by atoms with E-state index in [0.717, 1.165) is 46.2 Å². The fourth-order valence-corrected chi connectivity index (χ4v) is 5.26. The maximum atomic E-state index is 13.5. The number of ether oxygens (including phenoxy) is 1. The molecule has 3 aromatic heterocycles. The van der Waals surface area contributed by atoms with Crippen LogP contribution in [0.3, 0.4) is 0 Å². The van der Waals surface area contributed by atoms with Crippen LogP contribution < -0.4 is 10.5 Å². The first-order valence-corrected chi connectivity index (χ1v) is 11.6. The van der Waals surface area contributed by atoms with Crippen molar-refractivity contribution in [3.05, 3.63) is 61.7 Å². The fraction of sp³-hybridized carbons (Fsp3) is 0.375. The molecule has 1 aliphatic carbocycles. The zero-order valence-corrected chi connectivity index (χ0v) is 19.7. The number of aromatic nitrogens is 5. The van der Waals surface area contributed by atoms with Gasteiger partial charge in [0.25, 0.3) is 11.5 Å². The van der Waals surface area contributed by atoms with Crippen molar-refractivity contribution in [3.63, 3.8) is 0 Å². The molecular formula is C24H25BrN6O3. The van der Waals surface area contributed by atoms with Gasteiger partial charge in [-0.25, -0.2) is 4.98 Å². The summed E-state index contributed by atoms with van der Waals surface area (Å²) in [5.74, 6) is 1.50. The SMILES string of the molecule is C.COC1CC(c2nnc3c(=O)[nH]c4cc(C(=O)N5CCc6cc(Br)cnc65)c(C)cc4n23)C1. The van der Waals surface area contributed by atoms with Crippen LogP contribution >= 0.6 is 15.9 Å². The lowest BCUT2D eigenvalue weighted by Gasteiger charge is -2.32. The number of hydrogen-bond acceptors (Lipinski definition) is 6. The molecule has 0 atom stereocenters. The number of aryl methyl sites for hydroxylation is 1. The predicted octanol–water partition coefficient (Wildman–Crippen LogP) is 3.77. The minimum atomic E-state index is -0.329. The van der Waals surface area contributed by atoms with E-state index in [1.807, 2.05) is 23.5 Å². The second kappa shape index (κ2) is 8.28. The van der Waals surface area contributed by atoms with E-state index in [-0.39, 0.29) is 36.6 Å². The molecule has 1 N–H and O–H groups in total. The van der Waals surface area contributed by atoms with Crippen molar-refractivity contribution in [2.45, 2.75) is 45.6 Å². The van der Waals surface area contributed by atoms with Gasteiger partial charge in [0.1, 0.15) is 11.6 Å². The minimum Gasteiger partial charge on any atom is -0.381 e. The fourth-order valence-electron chi connectivity index (χ4n) is 4.88. The van der Waals surface area contributed by atoms with Crippen molar-refractivity contribution in [1.82, 2.24) is 24.6 Å². The quantitative estimate of drug-likeness (QED) is 0.437. The molecule has 2 aliphatic rings. The highest BCUT2D eigenvalue weighted by molar-refractivity contribution is 9.10. The molecule has 9 nitrogen and oxygen atoms in total. The molecule has 0 saturated heterocycles. The van der Waals surface area contributed by atoms with E-state index < -0.39 is 0 Å². The molecule has 1 aromatic carbocycles. The number of nitrogens with zero attached hydrogens (tertiary/aromatic N) is 5. The number of methoxy groups -OCH3 is 1. The molecule has 0 radical (unpaired) electrons. The monoisotopic (exact) mass is 524 g/mol. The Morgan fingerprint density at radius 2 is 2.03 bits per heavy atom. The summed E-state index contributed by atoms with van der Waals surface area (Å²) in [6, 6.07) is 5.68. The number of carbonyl (C=O) groups is 1. The van der Waals surface area contributed by atoms with Crippen molar-refractivity contribution in [3.8, 4) is 0 Å². The summed E-state index contributed by atoms with van der Waals surface area (Å²) in [7, 11) is 1.71. The molecule has 4 aromatic rings. The van der Waals surface area contributed by atoms with Gasteiger partial charge in [-0.1, -0.05) is 7.43 Å². The number of aromatic amines is 1. The van der Waals surface area contributed by atoms with Crippen LogP contribution in [-0.4, -0.2) is 50.2 Å². The summed E-state index contributed by atoms with van der Waals surface area (Å²) in [5, 5.41) is 8.48. The molecule has 6 rings (SSSR count). The van der Waals surface area contributed by atoms with Gasteiger partial charge in [-0.05, 0) is 71.4 Å². The number of nitrogens with one attached hydrogen (secondary N) is 1. The first-order valence-electron chi connectivity index (χ1n) is 10.9. The van der Waals surface area contributed by atoms with Crippen LogP contribution in [0.25, 0.3) is 16.7 Å². The lowest BCUT2D eigenvalue weighted by Crippen LogP contribution is -2.30. The van der Waals surface area contributed by atoms with Crippen molar-refractivity contribution >= 4 is 44.3 Å². The molecule has 1 amide bonds. The van der Waals surface area contributed by atoms with E-state index in [4.69, 9.17) is 4.74 Å². The third-order valence-electron chi connectivity index (χ3n) is 6.76. The maximum absolute atomic E-state index is 13.5. The number of anilines is 1. The first kappa shape index (κ1) is 22.7. The van der Waals surface area contributed by atoms with Crippen LogP contribution in [-0.2, 0) is 11.2 Å². The lowest BCUT2D eigenvalue weighted by atomic mass is 9.81. The average Bonchev–Trinajstić information content (AvgIpc) is 3.38. The Balaban J connectivity index is 0.00000241. The number of pyridine rings is 1. The van der Waals surface area contributed by atoms with E-state index >= 15 is 0 Å². The standard InChI is InChI=1S/C23H21BrN6O3.CH4/c1-11-5-18-17(9-16(11)23(32)29-4-3-12-6-14(24)10-25-19(12)29)26-22(31)21-28-27-20(30(18)21)13-7-15(8-13)33-2;/h5-6,9-10,13,15H,3-4,7-8H2,1-2H3,(H,26,31);1H4. The topological polar surface area (TPSA) is 105 Å². The van der Waals surface area contributed by atoms with E-state index in [9.17, 15) is 9.59 Å². The summed E-state index contributed by atoms with van der Waals surface area (Å²) in [5.41, 5.74) is 3.68. The zero-order chi connectivity index (χ0) is 22.9. The van der Waals surface area contributed by atoms with Gasteiger partial charge in [-0.2, -0.15) is 0 Å². The summed E-state index contributed by atoms with van der Waals surface area (Å²) < 4.78 is 8.13. The third kappa shape index (κ3) is 3.35. The van der Waals surface area contributed by atoms with Gasteiger partial charge >= 0.3 is 0 Å². The zero-order valence-electron chi connectivity index (χ0n) is 18.1. The number of H-pyrrole nitrogens is 1. The summed E-state index contributed by atoms with van der Waals surface area (Å²) in [6.07, 6.45) is 4.36. The van der Waals surface area contributed by atoms with Crippen molar-refractivity contribution in [2.24, 2.45) is 0 Å². The van der Waals surface area contributed by atoms with Crippen molar-refractivity contribution in [2.75, 3.05) is 18.6 Å². The number of fused-ring (bicyclic) bond motifs is 4. The van der Waals surface area contributed by atoms with Crippen LogP contribution in [0, 0.1) is 6.92 Å². The van der Waals surface area contributed by atoms with Gasteiger partial charge in [-0.15, -0.1) is 10.2 Å². The molecule has 1 fully saturated rings. The second-order valence-electron chi connectivity index (χ2n) is 8.72. The third-order valence-corrected chi connectivity index (χ3v) is 7.20. The number of rotatable bonds is 3. The molecule has 0 spiro atoms. The Labute approximate surface area is 204 Å². The van der Waals surface area contributed by atoms with Crippen molar-refractivity contribution in [1.29, 1.82) is 0 Å². The molecule has 1 aliphatic heterocycles. The summed E-state index contributed by atoms with van der Waals surface area (Å²) >= 11 is 3.44. The number of amides is 1. The molecule has 176 valence electrons. The van der Waals surface area contributed by atoms with Crippen molar-refractivity contribution < 1.29 is 9.53 Å². The van der Waals surface area contributed by atoms with Gasteiger partial charge in [0.05, 0.1) is 17.1 Å². The molecule has 0 unspecified atom stereocenters. The molecule has 34 heavy (non-hydrogen) atoms. The number of carbonyl (C=O) groups excluding carboxylic acids is 1. The van der Waals surface area contributed by atoms with Crippen LogP contribution in [0.2, 0.25) is 0 Å². The molecule has 10 heteroatoms. The highest BCUT2D eigenvalue weighted by atomic mass is 79.9. The summed E-state index contributed by atoms with van der Waals surface area (Å²) in [4.78, 5) is 35.3. The molecule has 4 heterocycles. The smallest absolute Gasteiger partial charge is 0.294 e. The van der Waals surface area contributed by atoms with Crippen LogP contribution in [0.5, 0.6) is 0 Å². The number of benzene rings is 1. The Kier molecular flexibility index (Phi) is 5.52. The molecule has 1 saturated carbocycles. The Hall–Kier alpha value is -3.11. The van der Waals surface area contributed by atoms with E-state index in [1.165, 1.54) is 0 Å². The van der Waals surface area contributed by atoms with Gasteiger partial charge in [-0.3, -0.25) is 18.9 Å². The predicted molar refractivity (Wildman–Crippen MR) is 133 cm³/mol. The van der Waals surface area contributed by atoms with Crippen LogP contribution in [0.15, 0.2) is 33.7 Å². The Morgan fingerprint density at radius 3 is 2.79 bits per heavy atom. The van der Waals surface area contributed by atoms with E-state index in [0.29, 0.717) is 23.4 Å². The van der Waals surface area contributed by atoms with Gasteiger partial charge in [0.2, 0.25) is 5.65 Å².